The summed E-state index contributed by atoms with van der Waals surface area (Å²) in [6.07, 6.45) is 30.7. The van der Waals surface area contributed by atoms with Crippen LogP contribution in [0.1, 0.15) is 135 Å². The lowest BCUT2D eigenvalue weighted by Gasteiger charge is -2.25. The van der Waals surface area contributed by atoms with Crippen molar-refractivity contribution in [1.82, 2.24) is 0 Å². The zero-order valence-electron chi connectivity index (χ0n) is 27.8. The predicted molar refractivity (Wildman–Crippen MR) is 173 cm³/mol. The summed E-state index contributed by atoms with van der Waals surface area (Å²) in [5.41, 5.74) is 0. The first-order chi connectivity index (χ1) is 19.7. The molecule has 0 aromatic heterocycles. The van der Waals surface area contributed by atoms with Crippen molar-refractivity contribution < 1.29 is 32.5 Å². The highest BCUT2D eigenvalue weighted by Gasteiger charge is 2.27. The van der Waals surface area contributed by atoms with Gasteiger partial charge in [0.2, 0.25) is 0 Å². The molecule has 0 aliphatic rings. The third-order valence-corrected chi connectivity index (χ3v) is 8.33. The molecular weight excluding hydrogens is 537 g/mol. The molecule has 41 heavy (non-hydrogen) atoms. The Bertz CT molecular complexity index is 625. The summed E-state index contributed by atoms with van der Waals surface area (Å²) in [7, 11) is 3.38. The third-order valence-electron chi connectivity index (χ3n) is 7.26. The maximum absolute atomic E-state index is 12.2. The Kier molecular flexibility index (Phi) is 28.3. The van der Waals surface area contributed by atoms with Crippen LogP contribution < -0.4 is 0 Å². The highest BCUT2D eigenvalue weighted by atomic mass is 31.2. The van der Waals surface area contributed by atoms with Crippen LogP contribution in [-0.4, -0.2) is 76.7 Å². The second-order valence-electron chi connectivity index (χ2n) is 12.6. The summed E-state index contributed by atoms with van der Waals surface area (Å²) in [6.45, 7) is 4.05. The van der Waals surface area contributed by atoms with E-state index in [0.717, 1.165) is 12.8 Å². The molecule has 0 spiro atoms. The Balaban J connectivity index is 3.53. The fraction of sp³-hybridized carbons (Fsp3) is 0.939. The van der Waals surface area contributed by atoms with Gasteiger partial charge < -0.3 is 18.9 Å². The molecule has 0 aromatic rings. The van der Waals surface area contributed by atoms with Crippen molar-refractivity contribution in [2.75, 3.05) is 61.2 Å². The van der Waals surface area contributed by atoms with E-state index in [4.69, 9.17) is 18.5 Å². The molecule has 0 saturated carbocycles. The molecule has 0 aliphatic carbocycles. The second kappa shape index (κ2) is 28.5. The largest absolute Gasteiger partial charge is 0.472 e. The number of allylic oxidation sites excluding steroid dienone is 2. The lowest BCUT2D eigenvalue weighted by Crippen LogP contribution is -2.37. The van der Waals surface area contributed by atoms with Crippen LogP contribution in [0.25, 0.3) is 0 Å². The molecule has 0 amide bonds. The summed E-state index contributed by atoms with van der Waals surface area (Å²) >= 11 is 0. The first-order valence-corrected chi connectivity index (χ1v) is 18.4. The van der Waals surface area contributed by atoms with Gasteiger partial charge in [-0.3, -0.25) is 9.05 Å². The Morgan fingerprint density at radius 1 is 0.683 bits per heavy atom. The van der Waals surface area contributed by atoms with Crippen molar-refractivity contribution >= 4 is 7.82 Å². The standard InChI is InChI=1S/C33H68NO6P/c1-6-7-8-9-10-11-12-13-14-15-16-17-18-19-20-21-22-23-24-25-26-27-29-38-32-33(31-37-5)40-41(35,36)39-30-28-34(2,3)4/h18-19,33H,6-17,20-32H2,1-5H3/p+1/t33-/m0/s1. The summed E-state index contributed by atoms with van der Waals surface area (Å²) < 4.78 is 34.0. The number of ether oxygens (including phenoxy) is 2. The second-order valence-corrected chi connectivity index (χ2v) is 14.0. The Morgan fingerprint density at radius 3 is 1.61 bits per heavy atom. The van der Waals surface area contributed by atoms with Crippen LogP contribution in [0, 0.1) is 0 Å². The molecule has 0 rings (SSSR count). The summed E-state index contributed by atoms with van der Waals surface area (Å²) in [6, 6.07) is 0. The number of likely N-dealkylation sites (N-methyl/N-ethyl adjacent to an activating group) is 1. The number of methoxy groups -OCH3 is 1. The van der Waals surface area contributed by atoms with Crippen molar-refractivity contribution in [1.29, 1.82) is 0 Å². The molecule has 246 valence electrons. The molecule has 2 atom stereocenters. The van der Waals surface area contributed by atoms with Crippen LogP contribution in [-0.2, 0) is 23.1 Å². The van der Waals surface area contributed by atoms with Gasteiger partial charge in [-0.1, -0.05) is 115 Å². The number of rotatable bonds is 32. The number of hydrogen-bond acceptors (Lipinski definition) is 5. The highest BCUT2D eigenvalue weighted by Crippen LogP contribution is 2.44. The van der Waals surface area contributed by atoms with E-state index in [1.807, 2.05) is 21.1 Å². The minimum atomic E-state index is -4.14. The number of nitrogens with zero attached hydrogens (tertiary/aromatic N) is 1. The summed E-state index contributed by atoms with van der Waals surface area (Å²) in [5.74, 6) is 0. The lowest BCUT2D eigenvalue weighted by atomic mass is 10.0. The molecule has 0 heterocycles. The van der Waals surface area contributed by atoms with Crippen molar-refractivity contribution in [3.8, 4) is 0 Å². The SMILES string of the molecule is CCCCCCCCCCCCCC=CCCCCCCCCCOC[C@H](COC)OP(=O)(O)OCC[N+](C)(C)C. The molecular formula is C33H69NO6P+. The van der Waals surface area contributed by atoms with Crippen molar-refractivity contribution in [2.45, 2.75) is 141 Å². The van der Waals surface area contributed by atoms with Gasteiger partial charge in [-0.05, 0) is 32.1 Å². The lowest BCUT2D eigenvalue weighted by molar-refractivity contribution is -0.870. The van der Waals surface area contributed by atoms with Gasteiger partial charge >= 0.3 is 7.82 Å². The van der Waals surface area contributed by atoms with Gasteiger partial charge in [-0.2, -0.15) is 0 Å². The van der Waals surface area contributed by atoms with Crippen molar-refractivity contribution in [3.63, 3.8) is 0 Å². The molecule has 8 heteroatoms. The Morgan fingerprint density at radius 2 is 1.15 bits per heavy atom. The number of quaternary nitrogens is 1. The predicted octanol–water partition coefficient (Wildman–Crippen LogP) is 9.24. The monoisotopic (exact) mass is 606 g/mol. The summed E-state index contributed by atoms with van der Waals surface area (Å²) in [5, 5.41) is 0. The normalized spacial score (nSPS) is 14.6. The first kappa shape index (κ1) is 40.7. The van der Waals surface area contributed by atoms with Crippen molar-refractivity contribution in [3.05, 3.63) is 12.2 Å². The third kappa shape index (κ3) is 32.5. The molecule has 1 unspecified atom stereocenters. The first-order valence-electron chi connectivity index (χ1n) is 16.9. The number of phosphoric ester groups is 1. The van der Waals surface area contributed by atoms with Crippen LogP contribution in [0.15, 0.2) is 12.2 Å². The zero-order chi connectivity index (χ0) is 30.5. The van der Waals surface area contributed by atoms with Crippen LogP contribution in [0.4, 0.5) is 0 Å². The Hall–Kier alpha value is -0.270. The van der Waals surface area contributed by atoms with Crippen LogP contribution >= 0.6 is 7.82 Å². The minimum absolute atomic E-state index is 0.147. The van der Waals surface area contributed by atoms with Gasteiger partial charge in [0.15, 0.2) is 0 Å². The molecule has 0 bridgehead atoms. The van der Waals surface area contributed by atoms with Crippen LogP contribution in [0.2, 0.25) is 0 Å². The summed E-state index contributed by atoms with van der Waals surface area (Å²) in [4.78, 5) is 9.99. The van der Waals surface area contributed by atoms with E-state index < -0.39 is 13.9 Å². The fourth-order valence-electron chi connectivity index (χ4n) is 4.67. The Labute approximate surface area is 254 Å². The van der Waals surface area contributed by atoms with E-state index in [-0.39, 0.29) is 19.8 Å². The van der Waals surface area contributed by atoms with Crippen molar-refractivity contribution in [2.24, 2.45) is 0 Å². The van der Waals surface area contributed by atoms with E-state index in [1.54, 1.807) is 0 Å². The highest BCUT2D eigenvalue weighted by molar-refractivity contribution is 7.47. The van der Waals surface area contributed by atoms with Gasteiger partial charge in [0.25, 0.3) is 0 Å². The topological polar surface area (TPSA) is 74.2 Å². The van der Waals surface area contributed by atoms with E-state index in [2.05, 4.69) is 19.1 Å². The molecule has 0 radical (unpaired) electrons. The quantitative estimate of drug-likeness (QED) is 0.0356. The zero-order valence-corrected chi connectivity index (χ0v) is 28.7. The van der Waals surface area contributed by atoms with Gasteiger partial charge in [0, 0.05) is 13.7 Å². The van der Waals surface area contributed by atoms with Gasteiger partial charge in [0.05, 0.1) is 34.4 Å². The number of unbranched alkanes of at least 4 members (excludes halogenated alkanes) is 18. The molecule has 0 fully saturated rings. The smallest absolute Gasteiger partial charge is 0.382 e. The van der Waals surface area contributed by atoms with E-state index in [1.165, 1.54) is 123 Å². The number of phosphoric acid groups is 1. The van der Waals surface area contributed by atoms with E-state index in [0.29, 0.717) is 17.6 Å². The minimum Gasteiger partial charge on any atom is -0.382 e. The van der Waals surface area contributed by atoms with E-state index >= 15 is 0 Å². The maximum Gasteiger partial charge on any atom is 0.472 e. The average Bonchev–Trinajstić information content (AvgIpc) is 2.90. The molecule has 0 aliphatic heterocycles. The number of hydrogen-bond donors (Lipinski definition) is 1. The van der Waals surface area contributed by atoms with Gasteiger partial charge in [-0.25, -0.2) is 4.57 Å². The van der Waals surface area contributed by atoms with E-state index in [9.17, 15) is 9.46 Å². The van der Waals surface area contributed by atoms with Gasteiger partial charge in [-0.15, -0.1) is 0 Å². The molecule has 0 aromatic carbocycles. The molecule has 0 saturated heterocycles. The molecule has 7 nitrogen and oxygen atoms in total. The van der Waals surface area contributed by atoms with Crippen LogP contribution in [0.5, 0.6) is 0 Å². The average molecular weight is 607 g/mol. The fourth-order valence-corrected chi connectivity index (χ4v) is 5.54. The van der Waals surface area contributed by atoms with Crippen LogP contribution in [0.3, 0.4) is 0 Å². The van der Waals surface area contributed by atoms with Gasteiger partial charge in [0.1, 0.15) is 19.3 Å². The molecule has 1 N–H and O–H groups in total. The maximum atomic E-state index is 12.2.